The van der Waals surface area contributed by atoms with Gasteiger partial charge in [-0.2, -0.15) is 0 Å². The maximum atomic E-state index is 12.8. The molecule has 35 heavy (non-hydrogen) atoms. The van der Waals surface area contributed by atoms with E-state index in [1.807, 2.05) is 66.7 Å². The minimum Gasteiger partial charge on any atom is -0.494 e. The first-order chi connectivity index (χ1) is 17.0. The zero-order chi connectivity index (χ0) is 24.9. The van der Waals surface area contributed by atoms with Crippen LogP contribution in [0.2, 0.25) is 0 Å². The number of benzene rings is 3. The van der Waals surface area contributed by atoms with E-state index in [2.05, 4.69) is 17.6 Å². The molecule has 0 heterocycles. The van der Waals surface area contributed by atoms with Gasteiger partial charge in [0.25, 0.3) is 5.91 Å². The molecule has 6 heteroatoms. The summed E-state index contributed by atoms with van der Waals surface area (Å²) in [5.74, 6) is 0.558. The third-order valence-electron chi connectivity index (χ3n) is 5.58. The summed E-state index contributed by atoms with van der Waals surface area (Å²) in [4.78, 5) is 26.9. The van der Waals surface area contributed by atoms with Gasteiger partial charge in [-0.3, -0.25) is 9.59 Å². The lowest BCUT2D eigenvalue weighted by atomic mass is 10.1. The molecular weight excluding hydrogens is 438 g/mol. The van der Waals surface area contributed by atoms with Crippen LogP contribution in [0.15, 0.2) is 78.9 Å². The zero-order valence-corrected chi connectivity index (χ0v) is 20.6. The average Bonchev–Trinajstić information content (AvgIpc) is 2.88. The number of nitrogens with zero attached hydrogens (tertiary/aromatic N) is 1. The molecule has 184 valence electrons. The Hall–Kier alpha value is -3.80. The predicted octanol–water partition coefficient (Wildman–Crippen LogP) is 5.97. The molecule has 0 saturated heterocycles. The van der Waals surface area contributed by atoms with E-state index in [0.29, 0.717) is 30.1 Å². The van der Waals surface area contributed by atoms with Gasteiger partial charge in [0.1, 0.15) is 5.75 Å². The van der Waals surface area contributed by atoms with Crippen molar-refractivity contribution in [3.05, 3.63) is 90.0 Å². The molecule has 0 aliphatic heterocycles. The number of hydrogen-bond donors (Lipinski definition) is 2. The van der Waals surface area contributed by atoms with Crippen molar-refractivity contribution in [3.63, 3.8) is 0 Å². The van der Waals surface area contributed by atoms with Crippen molar-refractivity contribution < 1.29 is 14.3 Å². The van der Waals surface area contributed by atoms with Gasteiger partial charge >= 0.3 is 0 Å². The monoisotopic (exact) mass is 473 g/mol. The first kappa shape index (κ1) is 25.8. The number of anilines is 2. The van der Waals surface area contributed by atoms with Crippen LogP contribution in [0.4, 0.5) is 11.4 Å². The molecular formula is C29H35N3O3. The number of hydrogen-bond acceptors (Lipinski definition) is 4. The van der Waals surface area contributed by atoms with Gasteiger partial charge in [-0.1, -0.05) is 62.6 Å². The number of unbranched alkanes of at least 4 members (excludes halogenated alkanes) is 3. The standard InChI is InChI=1S/C29H35N3O3/c1-3-4-5-9-19-35-27-17-15-25(16-18-27)31-28(33)21-30-26-14-10-13-24(20-26)29(34)32(2)22-23-11-7-6-8-12-23/h6-8,10-18,20,30H,3-5,9,19,21-22H2,1-2H3,(H,31,33). The predicted molar refractivity (Wildman–Crippen MR) is 142 cm³/mol. The van der Waals surface area contributed by atoms with Gasteiger partial charge in [0.15, 0.2) is 0 Å². The molecule has 0 saturated carbocycles. The van der Waals surface area contributed by atoms with Gasteiger partial charge < -0.3 is 20.3 Å². The van der Waals surface area contributed by atoms with Crippen molar-refractivity contribution in [2.24, 2.45) is 0 Å². The van der Waals surface area contributed by atoms with Crippen molar-refractivity contribution in [1.82, 2.24) is 4.90 Å². The number of carbonyl (C=O) groups excluding carboxylic acids is 2. The summed E-state index contributed by atoms with van der Waals surface area (Å²) in [6, 6.07) is 24.5. The van der Waals surface area contributed by atoms with Gasteiger partial charge in [-0.05, 0) is 54.4 Å². The molecule has 0 aliphatic carbocycles. The van der Waals surface area contributed by atoms with E-state index in [4.69, 9.17) is 4.74 Å². The van der Waals surface area contributed by atoms with E-state index < -0.39 is 0 Å². The minimum atomic E-state index is -0.170. The van der Waals surface area contributed by atoms with E-state index in [-0.39, 0.29) is 18.4 Å². The molecule has 0 unspecified atom stereocenters. The van der Waals surface area contributed by atoms with Crippen LogP contribution in [0.25, 0.3) is 0 Å². The molecule has 3 aromatic carbocycles. The molecule has 0 spiro atoms. The van der Waals surface area contributed by atoms with E-state index in [0.717, 1.165) is 17.7 Å². The van der Waals surface area contributed by atoms with Crippen molar-refractivity contribution in [1.29, 1.82) is 0 Å². The Bertz CT molecular complexity index is 1070. The molecule has 0 aliphatic rings. The molecule has 0 bridgehead atoms. The first-order valence-electron chi connectivity index (χ1n) is 12.2. The van der Waals surface area contributed by atoms with Crippen LogP contribution in [0.5, 0.6) is 5.75 Å². The molecule has 2 amide bonds. The molecule has 0 atom stereocenters. The van der Waals surface area contributed by atoms with Crippen LogP contribution in [-0.2, 0) is 11.3 Å². The summed E-state index contributed by atoms with van der Waals surface area (Å²) in [6.07, 6.45) is 4.67. The maximum Gasteiger partial charge on any atom is 0.253 e. The second-order valence-electron chi connectivity index (χ2n) is 8.56. The normalized spacial score (nSPS) is 10.5. The topological polar surface area (TPSA) is 70.7 Å². The van der Waals surface area contributed by atoms with E-state index >= 15 is 0 Å². The maximum absolute atomic E-state index is 12.8. The Morgan fingerprint density at radius 2 is 1.63 bits per heavy atom. The Balaban J connectivity index is 1.45. The fraction of sp³-hybridized carbons (Fsp3) is 0.310. The summed E-state index contributed by atoms with van der Waals surface area (Å²) in [5.41, 5.74) is 3.06. The lowest BCUT2D eigenvalue weighted by molar-refractivity contribution is -0.114. The Kier molecular flexibility index (Phi) is 10.2. The molecule has 3 rings (SSSR count). The van der Waals surface area contributed by atoms with Crippen molar-refractivity contribution in [3.8, 4) is 5.75 Å². The molecule has 3 aromatic rings. The Morgan fingerprint density at radius 3 is 2.37 bits per heavy atom. The summed E-state index contributed by atoms with van der Waals surface area (Å²) in [5, 5.41) is 5.97. The lowest BCUT2D eigenvalue weighted by Gasteiger charge is -2.18. The highest BCUT2D eigenvalue weighted by Gasteiger charge is 2.13. The van der Waals surface area contributed by atoms with Crippen LogP contribution < -0.4 is 15.4 Å². The van der Waals surface area contributed by atoms with Crippen LogP contribution in [-0.4, -0.2) is 36.9 Å². The average molecular weight is 474 g/mol. The van der Waals surface area contributed by atoms with Gasteiger partial charge in [0.05, 0.1) is 13.2 Å². The third kappa shape index (κ3) is 8.81. The van der Waals surface area contributed by atoms with Crippen molar-refractivity contribution in [2.45, 2.75) is 39.2 Å². The molecule has 0 radical (unpaired) electrons. The molecule has 0 fully saturated rings. The van der Waals surface area contributed by atoms with E-state index in [1.165, 1.54) is 19.3 Å². The Labute approximate surface area is 208 Å². The zero-order valence-electron chi connectivity index (χ0n) is 20.6. The number of carbonyl (C=O) groups is 2. The van der Waals surface area contributed by atoms with Crippen LogP contribution in [0, 0.1) is 0 Å². The third-order valence-corrected chi connectivity index (χ3v) is 5.58. The number of ether oxygens (including phenoxy) is 1. The highest BCUT2D eigenvalue weighted by atomic mass is 16.5. The quantitative estimate of drug-likeness (QED) is 0.300. The van der Waals surface area contributed by atoms with Crippen LogP contribution in [0.3, 0.4) is 0 Å². The highest BCUT2D eigenvalue weighted by Crippen LogP contribution is 2.17. The largest absolute Gasteiger partial charge is 0.494 e. The van der Waals surface area contributed by atoms with Gasteiger partial charge in [-0.15, -0.1) is 0 Å². The summed E-state index contributed by atoms with van der Waals surface area (Å²) >= 11 is 0. The van der Waals surface area contributed by atoms with Gasteiger partial charge in [0, 0.05) is 30.5 Å². The number of amides is 2. The van der Waals surface area contributed by atoms with Gasteiger partial charge in [-0.25, -0.2) is 0 Å². The number of rotatable bonds is 13. The fourth-order valence-corrected chi connectivity index (χ4v) is 3.65. The highest BCUT2D eigenvalue weighted by molar-refractivity contribution is 5.96. The van der Waals surface area contributed by atoms with Gasteiger partial charge in [0.2, 0.25) is 5.91 Å². The molecule has 0 aromatic heterocycles. The smallest absolute Gasteiger partial charge is 0.253 e. The van der Waals surface area contributed by atoms with Crippen LogP contribution in [0.1, 0.15) is 48.5 Å². The van der Waals surface area contributed by atoms with E-state index in [9.17, 15) is 9.59 Å². The summed E-state index contributed by atoms with van der Waals surface area (Å²) < 4.78 is 5.74. The fourth-order valence-electron chi connectivity index (χ4n) is 3.65. The second kappa shape index (κ2) is 13.8. The van der Waals surface area contributed by atoms with Crippen molar-refractivity contribution in [2.75, 3.05) is 30.8 Å². The first-order valence-corrected chi connectivity index (χ1v) is 12.2. The minimum absolute atomic E-state index is 0.0744. The summed E-state index contributed by atoms with van der Waals surface area (Å²) in [6.45, 7) is 3.52. The van der Waals surface area contributed by atoms with Crippen molar-refractivity contribution >= 4 is 23.2 Å². The lowest BCUT2D eigenvalue weighted by Crippen LogP contribution is -2.26. The molecule has 6 nitrogen and oxygen atoms in total. The number of nitrogens with one attached hydrogen (secondary N) is 2. The molecule has 2 N–H and O–H groups in total. The van der Waals surface area contributed by atoms with E-state index in [1.54, 1.807) is 24.1 Å². The summed E-state index contributed by atoms with van der Waals surface area (Å²) in [7, 11) is 1.78. The van der Waals surface area contributed by atoms with Crippen LogP contribution >= 0.6 is 0 Å². The second-order valence-corrected chi connectivity index (χ2v) is 8.56. The Morgan fingerprint density at radius 1 is 0.857 bits per heavy atom. The SMILES string of the molecule is CCCCCCOc1ccc(NC(=O)CNc2cccc(C(=O)N(C)Cc3ccccc3)c2)cc1.